The van der Waals surface area contributed by atoms with Gasteiger partial charge >= 0.3 is 0 Å². The summed E-state index contributed by atoms with van der Waals surface area (Å²) in [5.74, 6) is -0.286. The minimum Gasteiger partial charge on any atom is -0.489 e. The number of imide groups is 1. The number of nitrogens with one attached hydrogen (secondary N) is 1. The quantitative estimate of drug-likeness (QED) is 0.457. The van der Waals surface area contributed by atoms with Crippen molar-refractivity contribution in [1.82, 2.24) is 0 Å². The Labute approximate surface area is 201 Å². The van der Waals surface area contributed by atoms with Crippen LogP contribution in [-0.2, 0) is 9.59 Å². The van der Waals surface area contributed by atoms with Crippen molar-refractivity contribution in [2.75, 3.05) is 10.2 Å². The first-order valence-corrected chi connectivity index (χ1v) is 11.5. The Morgan fingerprint density at radius 3 is 2.21 bits per heavy atom. The summed E-state index contributed by atoms with van der Waals surface area (Å²) in [4.78, 5) is 28.9. The van der Waals surface area contributed by atoms with Crippen LogP contribution in [0.4, 0.5) is 11.4 Å². The van der Waals surface area contributed by atoms with Crippen molar-refractivity contribution in [3.8, 4) is 5.75 Å². The second kappa shape index (κ2) is 9.18. The van der Waals surface area contributed by atoms with Gasteiger partial charge in [0.25, 0.3) is 11.8 Å². The maximum Gasteiger partial charge on any atom is 0.282 e. The molecule has 0 aromatic heterocycles. The molecule has 3 aromatic rings. The highest BCUT2D eigenvalue weighted by atomic mass is 16.5. The molecule has 0 atom stereocenters. The van der Waals surface area contributed by atoms with Gasteiger partial charge < -0.3 is 10.1 Å². The van der Waals surface area contributed by atoms with Crippen molar-refractivity contribution in [2.45, 2.75) is 47.6 Å². The molecule has 5 heteroatoms. The van der Waals surface area contributed by atoms with Crippen LogP contribution in [0, 0.1) is 27.7 Å². The zero-order valence-electron chi connectivity index (χ0n) is 20.5. The van der Waals surface area contributed by atoms with E-state index in [2.05, 4.69) is 5.32 Å². The van der Waals surface area contributed by atoms with Crippen LogP contribution in [0.15, 0.2) is 66.4 Å². The van der Waals surface area contributed by atoms with Crippen LogP contribution in [0.5, 0.6) is 5.75 Å². The molecule has 4 rings (SSSR count). The first-order valence-electron chi connectivity index (χ1n) is 11.5. The minimum atomic E-state index is -0.404. The van der Waals surface area contributed by atoms with E-state index in [-0.39, 0.29) is 17.7 Å². The number of amides is 2. The number of para-hydroxylation sites is 2. The van der Waals surface area contributed by atoms with Crippen LogP contribution < -0.4 is 15.0 Å². The third kappa shape index (κ3) is 4.34. The molecule has 34 heavy (non-hydrogen) atoms. The predicted molar refractivity (Wildman–Crippen MR) is 137 cm³/mol. The SMILES string of the molecule is Cc1ccc(C)c(NC2=C(c3ccc(C)c(C)c3)C(=O)N(c3ccccc3OC(C)C)C2=O)c1. The van der Waals surface area contributed by atoms with Crippen LogP contribution in [0.1, 0.15) is 41.7 Å². The third-order valence-corrected chi connectivity index (χ3v) is 6.00. The van der Waals surface area contributed by atoms with E-state index in [1.165, 1.54) is 4.90 Å². The number of nitrogens with zero attached hydrogens (tertiary/aromatic N) is 1. The fourth-order valence-electron chi connectivity index (χ4n) is 4.03. The molecular formula is C29H30N2O3. The standard InChI is InChI=1S/C29H30N2O3/c1-17(2)34-25-10-8-7-9-24(25)31-28(32)26(22-14-13-19(4)21(6)16-22)27(29(31)33)30-23-15-18(3)11-12-20(23)5/h7-17,30H,1-6H3. The van der Waals surface area contributed by atoms with Crippen LogP contribution in [-0.4, -0.2) is 17.9 Å². The molecule has 0 saturated carbocycles. The molecule has 174 valence electrons. The van der Waals surface area contributed by atoms with Gasteiger partial charge in [-0.1, -0.05) is 42.5 Å². The minimum absolute atomic E-state index is 0.103. The fourth-order valence-corrected chi connectivity index (χ4v) is 4.03. The van der Waals surface area contributed by atoms with Gasteiger partial charge in [-0.25, -0.2) is 4.90 Å². The van der Waals surface area contributed by atoms with E-state index in [1.807, 2.05) is 84.0 Å². The van der Waals surface area contributed by atoms with E-state index in [1.54, 1.807) is 18.2 Å². The van der Waals surface area contributed by atoms with E-state index in [4.69, 9.17) is 4.74 Å². The number of ether oxygens (including phenoxy) is 1. The van der Waals surface area contributed by atoms with Crippen LogP contribution >= 0.6 is 0 Å². The van der Waals surface area contributed by atoms with Crippen molar-refractivity contribution >= 4 is 28.8 Å². The van der Waals surface area contributed by atoms with Gasteiger partial charge in [0, 0.05) is 5.69 Å². The molecule has 1 heterocycles. The second-order valence-electron chi connectivity index (χ2n) is 9.07. The normalized spacial score (nSPS) is 13.8. The lowest BCUT2D eigenvalue weighted by molar-refractivity contribution is -0.120. The summed E-state index contributed by atoms with van der Waals surface area (Å²) in [5, 5.41) is 3.30. The summed E-state index contributed by atoms with van der Waals surface area (Å²) < 4.78 is 5.93. The lowest BCUT2D eigenvalue weighted by atomic mass is 9.99. The number of hydrogen-bond acceptors (Lipinski definition) is 4. The number of rotatable bonds is 6. The third-order valence-electron chi connectivity index (χ3n) is 6.00. The lowest BCUT2D eigenvalue weighted by Gasteiger charge is -2.20. The number of carbonyl (C=O) groups is 2. The van der Waals surface area contributed by atoms with Gasteiger partial charge in [0.05, 0.1) is 17.4 Å². The van der Waals surface area contributed by atoms with Gasteiger partial charge in [0.15, 0.2) is 0 Å². The Hall–Kier alpha value is -3.86. The first-order chi connectivity index (χ1) is 16.2. The molecule has 3 aromatic carbocycles. The average Bonchev–Trinajstić information content (AvgIpc) is 3.02. The molecule has 1 aliphatic rings. The zero-order valence-corrected chi connectivity index (χ0v) is 20.5. The summed E-state index contributed by atoms with van der Waals surface area (Å²) in [5.41, 5.74) is 6.78. The largest absolute Gasteiger partial charge is 0.489 e. The Balaban J connectivity index is 1.87. The summed E-state index contributed by atoms with van der Waals surface area (Å²) in [7, 11) is 0. The van der Waals surface area contributed by atoms with Gasteiger partial charge in [-0.05, 0) is 87.6 Å². The molecule has 0 unspecified atom stereocenters. The van der Waals surface area contributed by atoms with Crippen molar-refractivity contribution in [3.63, 3.8) is 0 Å². The van der Waals surface area contributed by atoms with Crippen molar-refractivity contribution in [1.29, 1.82) is 0 Å². The van der Waals surface area contributed by atoms with Crippen molar-refractivity contribution < 1.29 is 14.3 Å². The topological polar surface area (TPSA) is 58.6 Å². The number of benzene rings is 3. The Morgan fingerprint density at radius 2 is 1.50 bits per heavy atom. The van der Waals surface area contributed by atoms with Crippen LogP contribution in [0.25, 0.3) is 5.57 Å². The zero-order chi connectivity index (χ0) is 24.6. The molecule has 1 N–H and O–H groups in total. The number of carbonyl (C=O) groups excluding carboxylic acids is 2. The summed E-state index contributed by atoms with van der Waals surface area (Å²) in [6.07, 6.45) is -0.103. The summed E-state index contributed by atoms with van der Waals surface area (Å²) in [6.45, 7) is 11.8. The second-order valence-corrected chi connectivity index (χ2v) is 9.07. The maximum absolute atomic E-state index is 13.9. The molecule has 0 radical (unpaired) electrons. The van der Waals surface area contributed by atoms with E-state index in [9.17, 15) is 9.59 Å². The van der Waals surface area contributed by atoms with E-state index >= 15 is 0 Å². The number of aryl methyl sites for hydroxylation is 4. The van der Waals surface area contributed by atoms with Gasteiger partial charge in [-0.3, -0.25) is 9.59 Å². The number of hydrogen-bond donors (Lipinski definition) is 1. The molecule has 0 saturated heterocycles. The molecule has 1 aliphatic heterocycles. The van der Waals surface area contributed by atoms with Crippen LogP contribution in [0.3, 0.4) is 0 Å². The van der Waals surface area contributed by atoms with Gasteiger partial charge in [-0.2, -0.15) is 0 Å². The molecule has 0 aliphatic carbocycles. The molecule has 0 fully saturated rings. The summed E-state index contributed by atoms with van der Waals surface area (Å²) in [6, 6.07) is 19.0. The molecule has 2 amide bonds. The van der Waals surface area contributed by atoms with E-state index in [0.29, 0.717) is 22.6 Å². The van der Waals surface area contributed by atoms with Crippen molar-refractivity contribution in [2.24, 2.45) is 0 Å². The Bertz CT molecular complexity index is 1320. The smallest absolute Gasteiger partial charge is 0.282 e. The van der Waals surface area contributed by atoms with Crippen LogP contribution in [0.2, 0.25) is 0 Å². The van der Waals surface area contributed by atoms with E-state index < -0.39 is 5.91 Å². The highest BCUT2D eigenvalue weighted by Gasteiger charge is 2.41. The van der Waals surface area contributed by atoms with Gasteiger partial charge in [0.1, 0.15) is 11.4 Å². The monoisotopic (exact) mass is 454 g/mol. The fraction of sp³-hybridized carbons (Fsp3) is 0.241. The summed E-state index contributed by atoms with van der Waals surface area (Å²) >= 11 is 0. The van der Waals surface area contributed by atoms with Gasteiger partial charge in [-0.15, -0.1) is 0 Å². The molecule has 0 bridgehead atoms. The van der Waals surface area contributed by atoms with Gasteiger partial charge in [0.2, 0.25) is 0 Å². The Morgan fingerprint density at radius 1 is 0.794 bits per heavy atom. The molecule has 0 spiro atoms. The average molecular weight is 455 g/mol. The lowest BCUT2D eigenvalue weighted by Crippen LogP contribution is -2.33. The first kappa shape index (κ1) is 23.3. The predicted octanol–water partition coefficient (Wildman–Crippen LogP) is 6.10. The number of anilines is 2. The maximum atomic E-state index is 13.9. The molecule has 5 nitrogen and oxygen atoms in total. The Kier molecular flexibility index (Phi) is 6.29. The van der Waals surface area contributed by atoms with E-state index in [0.717, 1.165) is 27.9 Å². The molecular weight excluding hydrogens is 424 g/mol. The highest BCUT2D eigenvalue weighted by Crippen LogP contribution is 2.38. The van der Waals surface area contributed by atoms with Crippen molar-refractivity contribution in [3.05, 3.63) is 94.2 Å². The highest BCUT2D eigenvalue weighted by molar-refractivity contribution is 6.46.